The molecule has 3 aromatic rings. The third-order valence-corrected chi connectivity index (χ3v) is 6.19. The van der Waals surface area contributed by atoms with Gasteiger partial charge in [-0.2, -0.15) is 0 Å². The lowest BCUT2D eigenvalue weighted by Gasteiger charge is -2.12. The van der Waals surface area contributed by atoms with E-state index in [1.165, 1.54) is 43.3 Å². The second-order valence-corrected chi connectivity index (χ2v) is 9.03. The zero-order valence-corrected chi connectivity index (χ0v) is 19.2. The van der Waals surface area contributed by atoms with Gasteiger partial charge in [0.25, 0.3) is 21.6 Å². The van der Waals surface area contributed by atoms with E-state index in [1.54, 1.807) is 18.2 Å². The molecule has 9 nitrogen and oxygen atoms in total. The lowest BCUT2D eigenvalue weighted by molar-refractivity contribution is -0.385. The number of aryl methyl sites for hydroxylation is 1. The smallest absolute Gasteiger partial charge is 0.273 e. The van der Waals surface area contributed by atoms with Gasteiger partial charge in [-0.3, -0.25) is 19.6 Å². The van der Waals surface area contributed by atoms with Crippen molar-refractivity contribution in [2.75, 3.05) is 16.6 Å². The molecule has 0 atom stereocenters. The average Bonchev–Trinajstić information content (AvgIpc) is 2.76. The summed E-state index contributed by atoms with van der Waals surface area (Å²) in [7, 11) is -4.07. The fraction of sp³-hybridized carbons (Fsp3) is 0.136. The van der Waals surface area contributed by atoms with Crippen LogP contribution in [0, 0.1) is 17.0 Å². The second kappa shape index (κ2) is 9.88. The Kier molecular flexibility index (Phi) is 7.19. The number of nitrogens with zero attached hydrogens (tertiary/aromatic N) is 1. The van der Waals surface area contributed by atoms with Crippen LogP contribution in [0.15, 0.2) is 65.6 Å². The van der Waals surface area contributed by atoms with Gasteiger partial charge in [-0.15, -0.1) is 0 Å². The number of hydrogen-bond donors (Lipinski definition) is 2. The molecule has 2 N–H and O–H groups in total. The molecule has 3 aromatic carbocycles. The fourth-order valence-corrected chi connectivity index (χ4v) is 4.18. The van der Waals surface area contributed by atoms with Crippen molar-refractivity contribution in [2.24, 2.45) is 0 Å². The molecular weight excluding hydrogens is 470 g/mol. The predicted octanol–water partition coefficient (Wildman–Crippen LogP) is 5.01. The number of ether oxygens (including phenoxy) is 1. The summed E-state index contributed by atoms with van der Waals surface area (Å²) in [5, 5.41) is 14.2. The maximum atomic E-state index is 12.6. The number of sulfonamides is 1. The van der Waals surface area contributed by atoms with Crippen molar-refractivity contribution < 1.29 is 22.9 Å². The van der Waals surface area contributed by atoms with E-state index >= 15 is 0 Å². The van der Waals surface area contributed by atoms with Gasteiger partial charge in [0.2, 0.25) is 0 Å². The lowest BCUT2D eigenvalue weighted by Crippen LogP contribution is -2.15. The summed E-state index contributed by atoms with van der Waals surface area (Å²) in [5.74, 6) is 0.0219. The van der Waals surface area contributed by atoms with Crippen LogP contribution >= 0.6 is 11.6 Å². The van der Waals surface area contributed by atoms with Crippen molar-refractivity contribution in [1.82, 2.24) is 0 Å². The average molecular weight is 490 g/mol. The molecule has 3 rings (SSSR count). The Morgan fingerprint density at radius 1 is 1.09 bits per heavy atom. The first-order valence-electron chi connectivity index (χ1n) is 9.72. The molecule has 1 amide bonds. The molecule has 0 saturated carbocycles. The maximum Gasteiger partial charge on any atom is 0.273 e. The van der Waals surface area contributed by atoms with Crippen LogP contribution in [0.25, 0.3) is 0 Å². The van der Waals surface area contributed by atoms with Gasteiger partial charge in [-0.1, -0.05) is 17.7 Å². The van der Waals surface area contributed by atoms with E-state index in [9.17, 15) is 23.3 Å². The zero-order valence-electron chi connectivity index (χ0n) is 17.7. The third-order valence-electron chi connectivity index (χ3n) is 4.58. The Bertz CT molecular complexity index is 1310. The monoisotopic (exact) mass is 489 g/mol. The van der Waals surface area contributed by atoms with Crippen LogP contribution in [-0.4, -0.2) is 25.9 Å². The molecule has 0 fully saturated rings. The van der Waals surface area contributed by atoms with Crippen molar-refractivity contribution in [3.05, 3.63) is 86.9 Å². The van der Waals surface area contributed by atoms with Crippen LogP contribution in [0.3, 0.4) is 0 Å². The van der Waals surface area contributed by atoms with Gasteiger partial charge >= 0.3 is 0 Å². The number of amides is 1. The van der Waals surface area contributed by atoms with Crippen molar-refractivity contribution >= 4 is 44.6 Å². The molecule has 0 spiro atoms. The quantitative estimate of drug-likeness (QED) is 0.338. The summed E-state index contributed by atoms with van der Waals surface area (Å²) in [6.45, 7) is 3.74. The number of nitro groups is 1. The number of carbonyl (C=O) groups is 1. The maximum absolute atomic E-state index is 12.6. The Balaban J connectivity index is 1.77. The normalized spacial score (nSPS) is 11.0. The Morgan fingerprint density at radius 3 is 2.42 bits per heavy atom. The van der Waals surface area contributed by atoms with E-state index in [0.717, 1.165) is 6.07 Å². The Morgan fingerprint density at radius 2 is 1.79 bits per heavy atom. The number of hydrogen-bond acceptors (Lipinski definition) is 6. The molecular formula is C22H20ClN3O6S. The molecule has 0 radical (unpaired) electrons. The highest BCUT2D eigenvalue weighted by atomic mass is 35.5. The minimum absolute atomic E-state index is 0.188. The Hall–Kier alpha value is -3.63. The van der Waals surface area contributed by atoms with E-state index in [1.807, 2.05) is 6.92 Å². The van der Waals surface area contributed by atoms with Crippen molar-refractivity contribution in [2.45, 2.75) is 18.7 Å². The van der Waals surface area contributed by atoms with Gasteiger partial charge in [0.15, 0.2) is 0 Å². The highest BCUT2D eigenvalue weighted by Gasteiger charge is 2.20. The van der Waals surface area contributed by atoms with Gasteiger partial charge in [0.1, 0.15) is 5.75 Å². The van der Waals surface area contributed by atoms with Crippen LogP contribution < -0.4 is 14.8 Å². The number of benzene rings is 3. The molecule has 11 heteroatoms. The van der Waals surface area contributed by atoms with Gasteiger partial charge < -0.3 is 10.1 Å². The summed E-state index contributed by atoms with van der Waals surface area (Å²) >= 11 is 6.01. The molecule has 0 aliphatic heterocycles. The highest BCUT2D eigenvalue weighted by molar-refractivity contribution is 7.92. The van der Waals surface area contributed by atoms with Gasteiger partial charge in [-0.05, 0) is 62.4 Å². The van der Waals surface area contributed by atoms with E-state index in [4.69, 9.17) is 16.3 Å². The molecule has 0 unspecified atom stereocenters. The van der Waals surface area contributed by atoms with Gasteiger partial charge in [-0.25, -0.2) is 8.42 Å². The van der Waals surface area contributed by atoms with Crippen LogP contribution in [0.5, 0.6) is 5.75 Å². The number of carbonyl (C=O) groups excluding carboxylic acids is 1. The SMILES string of the molecule is CCOc1ccc(Cl)cc1NC(=O)c1ccc(NS(=O)(=O)c2ccc(C)c([N+](=O)[O-])c2)cc1. The summed E-state index contributed by atoms with van der Waals surface area (Å²) in [6.07, 6.45) is 0. The summed E-state index contributed by atoms with van der Waals surface area (Å²) < 4.78 is 33.1. The largest absolute Gasteiger partial charge is 0.492 e. The first-order chi connectivity index (χ1) is 15.6. The molecule has 0 bridgehead atoms. The molecule has 33 heavy (non-hydrogen) atoms. The summed E-state index contributed by atoms with van der Waals surface area (Å²) in [6, 6.07) is 14.2. The van der Waals surface area contributed by atoms with Gasteiger partial charge in [0, 0.05) is 27.9 Å². The molecule has 0 aliphatic rings. The molecule has 172 valence electrons. The van der Waals surface area contributed by atoms with E-state index in [0.29, 0.717) is 28.6 Å². The first kappa shape index (κ1) is 24.0. The topological polar surface area (TPSA) is 128 Å². The predicted molar refractivity (Wildman–Crippen MR) is 126 cm³/mol. The first-order valence-corrected chi connectivity index (χ1v) is 11.6. The Labute approximate surface area is 195 Å². The van der Waals surface area contributed by atoms with Crippen molar-refractivity contribution in [1.29, 1.82) is 0 Å². The van der Waals surface area contributed by atoms with Crippen LogP contribution in [0.4, 0.5) is 17.1 Å². The van der Waals surface area contributed by atoms with E-state index in [2.05, 4.69) is 10.0 Å². The lowest BCUT2D eigenvalue weighted by atomic mass is 10.2. The number of nitro benzene ring substituents is 1. The molecule has 0 aromatic heterocycles. The number of rotatable bonds is 8. The summed E-state index contributed by atoms with van der Waals surface area (Å²) in [4.78, 5) is 22.8. The molecule has 0 heterocycles. The minimum Gasteiger partial charge on any atom is -0.492 e. The number of halogens is 1. The fourth-order valence-electron chi connectivity index (χ4n) is 2.93. The zero-order chi connectivity index (χ0) is 24.2. The number of nitrogens with one attached hydrogen (secondary N) is 2. The summed E-state index contributed by atoms with van der Waals surface area (Å²) in [5.41, 5.74) is 0.915. The van der Waals surface area contributed by atoms with Crippen LogP contribution in [0.2, 0.25) is 5.02 Å². The third kappa shape index (κ3) is 5.79. The van der Waals surface area contributed by atoms with Crippen molar-refractivity contribution in [3.63, 3.8) is 0 Å². The van der Waals surface area contributed by atoms with E-state index < -0.39 is 20.9 Å². The van der Waals surface area contributed by atoms with Crippen LogP contribution in [-0.2, 0) is 10.0 Å². The second-order valence-electron chi connectivity index (χ2n) is 6.92. The number of anilines is 2. The highest BCUT2D eigenvalue weighted by Crippen LogP contribution is 2.29. The van der Waals surface area contributed by atoms with Crippen molar-refractivity contribution in [3.8, 4) is 5.75 Å². The van der Waals surface area contributed by atoms with Crippen LogP contribution in [0.1, 0.15) is 22.8 Å². The van der Waals surface area contributed by atoms with E-state index in [-0.39, 0.29) is 21.8 Å². The van der Waals surface area contributed by atoms with Gasteiger partial charge in [0.05, 0.1) is 22.1 Å². The molecule has 0 saturated heterocycles. The molecule has 0 aliphatic carbocycles. The minimum atomic E-state index is -4.07. The standard InChI is InChI=1S/C22H20ClN3O6S/c1-3-32-21-11-7-16(23)12-19(21)24-22(27)15-5-8-17(9-6-15)25-33(30,31)18-10-4-14(2)20(13-18)26(28)29/h4-13,25H,3H2,1-2H3,(H,24,27).